The van der Waals surface area contributed by atoms with E-state index in [0.29, 0.717) is 16.9 Å². The van der Waals surface area contributed by atoms with Gasteiger partial charge in [0.2, 0.25) is 0 Å². The third-order valence-electron chi connectivity index (χ3n) is 2.37. The summed E-state index contributed by atoms with van der Waals surface area (Å²) in [5, 5.41) is 5.16. The van der Waals surface area contributed by atoms with Crippen molar-refractivity contribution in [2.45, 2.75) is 19.8 Å². The third-order valence-corrected chi connectivity index (χ3v) is 3.14. The number of hydrogen-bond acceptors (Lipinski definition) is 7. The quantitative estimate of drug-likeness (QED) is 0.579. The van der Waals surface area contributed by atoms with E-state index in [4.69, 9.17) is 5.84 Å². The Morgan fingerprint density at radius 3 is 2.68 bits per heavy atom. The van der Waals surface area contributed by atoms with Gasteiger partial charge in [-0.05, 0) is 5.92 Å². The summed E-state index contributed by atoms with van der Waals surface area (Å²) in [6.07, 6.45) is 2.73. The van der Waals surface area contributed by atoms with E-state index in [1.54, 1.807) is 0 Å². The van der Waals surface area contributed by atoms with Crippen LogP contribution in [0.15, 0.2) is 17.8 Å². The Bertz CT molecular complexity index is 565. The predicted octanol–water partition coefficient (Wildman–Crippen LogP) is 1.59. The van der Waals surface area contributed by atoms with Crippen molar-refractivity contribution in [3.8, 4) is 0 Å². The van der Waals surface area contributed by atoms with Crippen LogP contribution in [0.2, 0.25) is 0 Å². The molecule has 2 heterocycles. The van der Waals surface area contributed by atoms with Crippen molar-refractivity contribution < 1.29 is 4.79 Å². The van der Waals surface area contributed by atoms with Gasteiger partial charge < -0.3 is 5.43 Å². The zero-order valence-electron chi connectivity index (χ0n) is 10.5. The standard InChI is InChI=1S/C11H14N6OS/c1-6(2)8-5-19-11(15-8)16-10(18)7-3-14-9(17-12)4-13-7/h3-6H,12H2,1-2H3,(H,14,17)(H,15,16,18). The molecular weight excluding hydrogens is 264 g/mol. The van der Waals surface area contributed by atoms with Gasteiger partial charge in [0.15, 0.2) is 10.9 Å². The molecule has 4 N–H and O–H groups in total. The number of nitrogen functional groups attached to an aromatic ring is 1. The van der Waals surface area contributed by atoms with Crippen LogP contribution in [0.5, 0.6) is 0 Å². The molecule has 8 heteroatoms. The minimum atomic E-state index is -0.347. The summed E-state index contributed by atoms with van der Waals surface area (Å²) in [6, 6.07) is 0. The first-order valence-electron chi connectivity index (χ1n) is 5.65. The van der Waals surface area contributed by atoms with Gasteiger partial charge in [-0.1, -0.05) is 13.8 Å². The van der Waals surface area contributed by atoms with Crippen LogP contribution in [0, 0.1) is 0 Å². The number of nitrogens with two attached hydrogens (primary N) is 1. The van der Waals surface area contributed by atoms with Crippen molar-refractivity contribution in [3.63, 3.8) is 0 Å². The van der Waals surface area contributed by atoms with E-state index in [-0.39, 0.29) is 11.6 Å². The fraction of sp³-hybridized carbons (Fsp3) is 0.273. The minimum Gasteiger partial charge on any atom is -0.307 e. The Balaban J connectivity index is 2.06. The smallest absolute Gasteiger partial charge is 0.277 e. The summed E-state index contributed by atoms with van der Waals surface area (Å²) in [5.74, 6) is 5.55. The molecule has 0 saturated heterocycles. The highest BCUT2D eigenvalue weighted by atomic mass is 32.1. The summed E-state index contributed by atoms with van der Waals surface area (Å²) >= 11 is 1.38. The maximum atomic E-state index is 11.9. The van der Waals surface area contributed by atoms with Crippen molar-refractivity contribution in [2.75, 3.05) is 10.7 Å². The fourth-order valence-corrected chi connectivity index (χ4v) is 2.16. The lowest BCUT2D eigenvalue weighted by Gasteiger charge is -2.02. The summed E-state index contributed by atoms with van der Waals surface area (Å²) < 4.78 is 0. The number of carbonyl (C=O) groups is 1. The second-order valence-electron chi connectivity index (χ2n) is 4.12. The highest BCUT2D eigenvalue weighted by Crippen LogP contribution is 2.21. The zero-order valence-corrected chi connectivity index (χ0v) is 11.4. The van der Waals surface area contributed by atoms with E-state index < -0.39 is 0 Å². The maximum absolute atomic E-state index is 11.9. The Morgan fingerprint density at radius 2 is 2.16 bits per heavy atom. The maximum Gasteiger partial charge on any atom is 0.277 e. The number of carbonyl (C=O) groups excluding carboxylic acids is 1. The Kier molecular flexibility index (Phi) is 4.03. The Morgan fingerprint density at radius 1 is 1.37 bits per heavy atom. The van der Waals surface area contributed by atoms with Gasteiger partial charge in [-0.2, -0.15) is 0 Å². The number of nitrogens with zero attached hydrogens (tertiary/aromatic N) is 3. The molecule has 2 rings (SSSR count). The monoisotopic (exact) mass is 278 g/mol. The van der Waals surface area contributed by atoms with Gasteiger partial charge in [-0.15, -0.1) is 11.3 Å². The summed E-state index contributed by atoms with van der Waals surface area (Å²) in [5.41, 5.74) is 3.50. The van der Waals surface area contributed by atoms with Crippen LogP contribution in [-0.4, -0.2) is 20.9 Å². The van der Waals surface area contributed by atoms with Crippen LogP contribution in [0.1, 0.15) is 35.9 Å². The lowest BCUT2D eigenvalue weighted by molar-refractivity contribution is 0.102. The summed E-state index contributed by atoms with van der Waals surface area (Å²) in [6.45, 7) is 4.09. The van der Waals surface area contributed by atoms with Crippen LogP contribution in [0.25, 0.3) is 0 Å². The van der Waals surface area contributed by atoms with Crippen molar-refractivity contribution in [1.82, 2.24) is 15.0 Å². The van der Waals surface area contributed by atoms with Crippen molar-refractivity contribution in [3.05, 3.63) is 29.2 Å². The van der Waals surface area contributed by atoms with Gasteiger partial charge >= 0.3 is 0 Å². The van der Waals surface area contributed by atoms with Gasteiger partial charge in [0, 0.05) is 5.38 Å². The van der Waals surface area contributed by atoms with Gasteiger partial charge in [-0.25, -0.2) is 20.8 Å². The van der Waals surface area contributed by atoms with Gasteiger partial charge in [0.1, 0.15) is 5.69 Å². The number of hydrogen-bond donors (Lipinski definition) is 3. The van der Waals surface area contributed by atoms with E-state index in [9.17, 15) is 4.79 Å². The molecule has 0 saturated carbocycles. The fourth-order valence-electron chi connectivity index (χ4n) is 1.29. The molecule has 7 nitrogen and oxygen atoms in total. The molecule has 19 heavy (non-hydrogen) atoms. The largest absolute Gasteiger partial charge is 0.307 e. The highest BCUT2D eigenvalue weighted by molar-refractivity contribution is 7.14. The van der Waals surface area contributed by atoms with E-state index in [1.807, 2.05) is 19.2 Å². The van der Waals surface area contributed by atoms with Crippen LogP contribution in [0.4, 0.5) is 10.9 Å². The molecule has 0 spiro atoms. The number of aromatic nitrogens is 3. The molecular formula is C11H14N6OS. The molecule has 100 valence electrons. The number of amides is 1. The van der Waals surface area contributed by atoms with Gasteiger partial charge in [0.05, 0.1) is 18.1 Å². The average molecular weight is 278 g/mol. The lowest BCUT2D eigenvalue weighted by Crippen LogP contribution is -2.15. The SMILES string of the molecule is CC(C)c1csc(NC(=O)c2cnc(NN)cn2)n1. The topological polar surface area (TPSA) is 106 Å². The first-order valence-corrected chi connectivity index (χ1v) is 6.53. The Labute approximate surface area is 114 Å². The second kappa shape index (κ2) is 5.72. The first-order chi connectivity index (χ1) is 9.10. The van der Waals surface area contributed by atoms with Crippen LogP contribution in [0.3, 0.4) is 0 Å². The van der Waals surface area contributed by atoms with Crippen LogP contribution >= 0.6 is 11.3 Å². The van der Waals surface area contributed by atoms with Gasteiger partial charge in [0.25, 0.3) is 5.91 Å². The molecule has 2 aromatic rings. The highest BCUT2D eigenvalue weighted by Gasteiger charge is 2.12. The van der Waals surface area contributed by atoms with E-state index in [1.165, 1.54) is 23.7 Å². The molecule has 0 radical (unpaired) electrons. The van der Waals surface area contributed by atoms with E-state index in [2.05, 4.69) is 25.7 Å². The molecule has 0 aliphatic carbocycles. The number of hydrazine groups is 1. The number of rotatable bonds is 4. The molecule has 0 atom stereocenters. The molecule has 0 aromatic carbocycles. The molecule has 0 bridgehead atoms. The summed E-state index contributed by atoms with van der Waals surface area (Å²) in [4.78, 5) is 24.1. The molecule has 0 aliphatic rings. The average Bonchev–Trinajstić information content (AvgIpc) is 2.87. The Hall–Kier alpha value is -2.06. The number of anilines is 2. The van der Waals surface area contributed by atoms with E-state index >= 15 is 0 Å². The van der Waals surface area contributed by atoms with Crippen LogP contribution in [-0.2, 0) is 0 Å². The van der Waals surface area contributed by atoms with Crippen molar-refractivity contribution in [2.24, 2.45) is 5.84 Å². The van der Waals surface area contributed by atoms with Crippen LogP contribution < -0.4 is 16.6 Å². The normalized spacial score (nSPS) is 10.5. The van der Waals surface area contributed by atoms with Crippen molar-refractivity contribution >= 4 is 28.2 Å². The molecule has 0 aliphatic heterocycles. The zero-order chi connectivity index (χ0) is 13.8. The minimum absolute atomic E-state index is 0.209. The molecule has 0 unspecified atom stereocenters. The van der Waals surface area contributed by atoms with E-state index in [0.717, 1.165) is 5.69 Å². The lowest BCUT2D eigenvalue weighted by atomic mass is 10.2. The predicted molar refractivity (Wildman–Crippen MR) is 74.0 cm³/mol. The van der Waals surface area contributed by atoms with Crippen molar-refractivity contribution in [1.29, 1.82) is 0 Å². The number of nitrogens with one attached hydrogen (secondary N) is 2. The van der Waals surface area contributed by atoms with Gasteiger partial charge in [-0.3, -0.25) is 10.1 Å². The summed E-state index contributed by atoms with van der Waals surface area (Å²) in [7, 11) is 0. The number of thiazole rings is 1. The molecule has 2 aromatic heterocycles. The second-order valence-corrected chi connectivity index (χ2v) is 4.98. The first kappa shape index (κ1) is 13.4. The molecule has 0 fully saturated rings. The molecule has 1 amide bonds. The third kappa shape index (κ3) is 3.24.